The third kappa shape index (κ3) is 9.81. The van der Waals surface area contributed by atoms with Crippen molar-refractivity contribution in [2.45, 2.75) is 65.6 Å². The van der Waals surface area contributed by atoms with E-state index in [-0.39, 0.29) is 31.9 Å². The number of benzene rings is 1. The molecular weight excluding hydrogens is 458 g/mol. The quantitative estimate of drug-likeness (QED) is 0.337. The van der Waals surface area contributed by atoms with Crippen LogP contribution in [0.3, 0.4) is 0 Å². The summed E-state index contributed by atoms with van der Waals surface area (Å²) in [6.07, 6.45) is -0.871. The molecule has 4 N–H and O–H groups in total. The highest BCUT2D eigenvalue weighted by Crippen LogP contribution is 2.27. The molecule has 11 heteroatoms. The zero-order valence-corrected chi connectivity index (χ0v) is 21.2. The Hall–Kier alpha value is -3.34. The van der Waals surface area contributed by atoms with Gasteiger partial charge in [0.15, 0.2) is 0 Å². The van der Waals surface area contributed by atoms with Crippen molar-refractivity contribution in [3.63, 3.8) is 0 Å². The monoisotopic (exact) mass is 495 g/mol. The zero-order chi connectivity index (χ0) is 26.8. The summed E-state index contributed by atoms with van der Waals surface area (Å²) in [5.74, 6) is -1.72. The van der Waals surface area contributed by atoms with E-state index in [4.69, 9.17) is 9.47 Å². The first-order chi connectivity index (χ1) is 16.3. The number of amides is 3. The number of esters is 1. The molecule has 0 saturated heterocycles. The number of carbonyl (C=O) groups is 4. The molecule has 3 amide bonds. The van der Waals surface area contributed by atoms with Crippen LogP contribution in [0.25, 0.3) is 0 Å². The van der Waals surface area contributed by atoms with Crippen molar-refractivity contribution in [1.29, 1.82) is 0 Å². The van der Waals surface area contributed by atoms with Crippen LogP contribution in [-0.4, -0.2) is 76.9 Å². The SMILES string of the molecule is CCOC(=O)CCNC(=O)C(c1ccc(O)c(C)c1)N(CCO)C(=O)C(C)NC(=O)OC(C)(C)C. The van der Waals surface area contributed by atoms with Gasteiger partial charge in [-0.2, -0.15) is 0 Å². The molecular formula is C24H37N3O8. The number of aryl methyl sites for hydroxylation is 1. The number of aliphatic hydroxyl groups is 1. The normalized spacial score (nSPS) is 12.8. The molecule has 1 rings (SSSR count). The van der Waals surface area contributed by atoms with Gasteiger partial charge in [0.25, 0.3) is 0 Å². The number of nitrogens with zero attached hydrogens (tertiary/aromatic N) is 1. The third-order valence-electron chi connectivity index (χ3n) is 4.76. The summed E-state index contributed by atoms with van der Waals surface area (Å²) in [5, 5.41) is 24.6. The van der Waals surface area contributed by atoms with E-state index in [1.165, 1.54) is 19.1 Å². The zero-order valence-electron chi connectivity index (χ0n) is 21.2. The van der Waals surface area contributed by atoms with E-state index in [0.717, 1.165) is 4.90 Å². The van der Waals surface area contributed by atoms with Crippen LogP contribution in [0.4, 0.5) is 4.79 Å². The molecule has 2 unspecified atom stereocenters. The van der Waals surface area contributed by atoms with Gasteiger partial charge in [-0.3, -0.25) is 14.4 Å². The number of aliphatic hydroxyl groups excluding tert-OH is 1. The van der Waals surface area contributed by atoms with Gasteiger partial charge in [0.05, 0.1) is 19.6 Å². The van der Waals surface area contributed by atoms with Crippen LogP contribution in [0.15, 0.2) is 18.2 Å². The highest BCUT2D eigenvalue weighted by atomic mass is 16.6. The second-order valence-corrected chi connectivity index (χ2v) is 8.92. The van der Waals surface area contributed by atoms with E-state index in [1.54, 1.807) is 40.7 Å². The Morgan fingerprint density at radius 2 is 1.83 bits per heavy atom. The number of carbonyl (C=O) groups excluding carboxylic acids is 4. The van der Waals surface area contributed by atoms with Crippen LogP contribution in [0.1, 0.15) is 58.2 Å². The second kappa shape index (κ2) is 13.5. The van der Waals surface area contributed by atoms with Crippen LogP contribution in [0, 0.1) is 6.92 Å². The van der Waals surface area contributed by atoms with Gasteiger partial charge in [0.1, 0.15) is 23.4 Å². The number of aromatic hydroxyl groups is 1. The molecule has 0 fully saturated rings. The first-order valence-corrected chi connectivity index (χ1v) is 11.4. The summed E-state index contributed by atoms with van der Waals surface area (Å²) in [7, 11) is 0. The molecule has 0 radical (unpaired) electrons. The molecule has 11 nitrogen and oxygen atoms in total. The van der Waals surface area contributed by atoms with Gasteiger partial charge in [-0.1, -0.05) is 6.07 Å². The number of hydrogen-bond acceptors (Lipinski definition) is 8. The Morgan fingerprint density at radius 3 is 2.37 bits per heavy atom. The van der Waals surface area contributed by atoms with Crippen LogP contribution in [0.5, 0.6) is 5.75 Å². The largest absolute Gasteiger partial charge is 0.508 e. The molecule has 0 aliphatic heterocycles. The minimum absolute atomic E-state index is 0.00946. The van der Waals surface area contributed by atoms with Gasteiger partial charge in [0.2, 0.25) is 11.8 Å². The van der Waals surface area contributed by atoms with Crippen molar-refractivity contribution in [3.05, 3.63) is 29.3 Å². The summed E-state index contributed by atoms with van der Waals surface area (Å²) in [6.45, 7) is 9.31. The van der Waals surface area contributed by atoms with Crippen LogP contribution >= 0.6 is 0 Å². The van der Waals surface area contributed by atoms with Crippen molar-refractivity contribution >= 4 is 23.9 Å². The van der Waals surface area contributed by atoms with Crippen molar-refractivity contribution in [2.75, 3.05) is 26.3 Å². The fourth-order valence-electron chi connectivity index (χ4n) is 3.21. The highest BCUT2D eigenvalue weighted by molar-refractivity contribution is 5.92. The number of ether oxygens (including phenoxy) is 2. The van der Waals surface area contributed by atoms with Crippen molar-refractivity contribution in [1.82, 2.24) is 15.5 Å². The summed E-state index contributed by atoms with van der Waals surface area (Å²) in [5.41, 5.74) is 0.0751. The molecule has 0 aliphatic carbocycles. The maximum absolute atomic E-state index is 13.3. The van der Waals surface area contributed by atoms with E-state index >= 15 is 0 Å². The van der Waals surface area contributed by atoms with Gasteiger partial charge in [-0.05, 0) is 64.8 Å². The van der Waals surface area contributed by atoms with E-state index in [2.05, 4.69) is 10.6 Å². The first kappa shape index (κ1) is 29.7. The Kier molecular flexibility index (Phi) is 11.5. The minimum Gasteiger partial charge on any atom is -0.508 e. The lowest BCUT2D eigenvalue weighted by atomic mass is 10.0. The van der Waals surface area contributed by atoms with Gasteiger partial charge < -0.3 is 35.2 Å². The maximum atomic E-state index is 13.3. The van der Waals surface area contributed by atoms with Crippen LogP contribution < -0.4 is 10.6 Å². The fourth-order valence-corrected chi connectivity index (χ4v) is 3.21. The van der Waals surface area contributed by atoms with Gasteiger partial charge in [0, 0.05) is 13.1 Å². The predicted molar refractivity (Wildman–Crippen MR) is 127 cm³/mol. The standard InChI is InChI=1S/C24H37N3O8/c1-7-34-19(30)10-11-25-21(31)20(17-8-9-18(29)15(2)14-17)27(12-13-28)22(32)16(3)26-23(33)35-24(4,5)6/h8-9,14,16,20,28-29H,7,10-13H2,1-6H3,(H,25,31)(H,26,33). The first-order valence-electron chi connectivity index (χ1n) is 11.4. The lowest BCUT2D eigenvalue weighted by Crippen LogP contribution is -2.52. The molecule has 0 bridgehead atoms. The van der Waals surface area contributed by atoms with Crippen molar-refractivity contribution in [2.24, 2.45) is 0 Å². The number of hydrogen-bond donors (Lipinski definition) is 4. The van der Waals surface area contributed by atoms with Crippen LogP contribution in [-0.2, 0) is 23.9 Å². The Bertz CT molecular complexity index is 897. The molecule has 0 saturated carbocycles. The van der Waals surface area contributed by atoms with Crippen molar-refractivity contribution in [3.8, 4) is 5.75 Å². The van der Waals surface area contributed by atoms with Crippen molar-refractivity contribution < 1.29 is 38.9 Å². The summed E-state index contributed by atoms with van der Waals surface area (Å²) >= 11 is 0. The highest BCUT2D eigenvalue weighted by Gasteiger charge is 2.34. The lowest BCUT2D eigenvalue weighted by molar-refractivity contribution is -0.144. The number of rotatable bonds is 11. The molecule has 0 aromatic heterocycles. The molecule has 0 aliphatic rings. The number of phenols is 1. The van der Waals surface area contributed by atoms with Gasteiger partial charge >= 0.3 is 12.1 Å². The predicted octanol–water partition coefficient (Wildman–Crippen LogP) is 1.55. The molecule has 2 atom stereocenters. The second-order valence-electron chi connectivity index (χ2n) is 8.92. The molecule has 0 spiro atoms. The van der Waals surface area contributed by atoms with E-state index in [0.29, 0.717) is 11.1 Å². The molecule has 1 aromatic rings. The van der Waals surface area contributed by atoms with Crippen LogP contribution in [0.2, 0.25) is 0 Å². The average molecular weight is 496 g/mol. The third-order valence-corrected chi connectivity index (χ3v) is 4.76. The maximum Gasteiger partial charge on any atom is 0.408 e. The minimum atomic E-state index is -1.21. The summed E-state index contributed by atoms with van der Waals surface area (Å²) < 4.78 is 10.1. The fraction of sp³-hybridized carbons (Fsp3) is 0.583. The smallest absolute Gasteiger partial charge is 0.408 e. The van der Waals surface area contributed by atoms with E-state index in [9.17, 15) is 29.4 Å². The number of alkyl carbamates (subject to hydrolysis) is 1. The Balaban J connectivity index is 3.22. The van der Waals surface area contributed by atoms with Gasteiger partial charge in [-0.25, -0.2) is 4.79 Å². The average Bonchev–Trinajstić information content (AvgIpc) is 2.74. The van der Waals surface area contributed by atoms with Gasteiger partial charge in [-0.15, -0.1) is 0 Å². The molecule has 35 heavy (non-hydrogen) atoms. The molecule has 196 valence electrons. The van der Waals surface area contributed by atoms with E-state index in [1.807, 2.05) is 0 Å². The summed E-state index contributed by atoms with van der Waals surface area (Å²) in [6, 6.07) is 2.15. The van der Waals surface area contributed by atoms with E-state index < -0.39 is 48.2 Å². The Morgan fingerprint density at radius 1 is 1.17 bits per heavy atom. The lowest BCUT2D eigenvalue weighted by Gasteiger charge is -2.33. The molecule has 1 aromatic carbocycles. The Labute approximate surface area is 205 Å². The summed E-state index contributed by atoms with van der Waals surface area (Å²) in [4.78, 5) is 51.5. The number of phenolic OH excluding ortho intramolecular Hbond substituents is 1. The molecule has 0 heterocycles. The number of nitrogens with one attached hydrogen (secondary N) is 2. The topological polar surface area (TPSA) is 154 Å².